The molecule has 2 nitrogen and oxygen atoms in total. The normalized spacial score (nSPS) is 35.0. The van der Waals surface area contributed by atoms with Crippen LogP contribution in [0.3, 0.4) is 0 Å². The number of likely N-dealkylation sites (tertiary alicyclic amines) is 1. The third kappa shape index (κ3) is 4.46. The molecule has 0 bridgehead atoms. The van der Waals surface area contributed by atoms with E-state index in [1.807, 2.05) is 0 Å². The minimum absolute atomic E-state index is 0.904. The van der Waals surface area contributed by atoms with E-state index in [0.29, 0.717) is 0 Å². The van der Waals surface area contributed by atoms with Gasteiger partial charge in [0.05, 0.1) is 0 Å². The van der Waals surface area contributed by atoms with Gasteiger partial charge in [-0.2, -0.15) is 0 Å². The van der Waals surface area contributed by atoms with E-state index in [9.17, 15) is 0 Å². The summed E-state index contributed by atoms with van der Waals surface area (Å²) in [5.41, 5.74) is 0. The number of unbranched alkanes of at least 4 members (excludes halogenated alkanes) is 3. The Kier molecular flexibility index (Phi) is 6.83. The first-order valence-corrected chi connectivity index (χ1v) is 9.07. The van der Waals surface area contributed by atoms with E-state index in [0.717, 1.165) is 23.8 Å². The molecule has 0 amide bonds. The molecule has 2 aliphatic rings. The maximum absolute atomic E-state index is 3.25. The number of hydrogen-bond acceptors (Lipinski definition) is 2. The molecule has 1 heterocycles. The van der Waals surface area contributed by atoms with Crippen LogP contribution in [0.1, 0.15) is 64.7 Å². The maximum atomic E-state index is 3.25. The molecule has 1 aliphatic heterocycles. The molecule has 2 heteroatoms. The van der Waals surface area contributed by atoms with E-state index in [2.05, 4.69) is 31.2 Å². The topological polar surface area (TPSA) is 15.3 Å². The van der Waals surface area contributed by atoms with Crippen molar-refractivity contribution >= 4 is 0 Å². The van der Waals surface area contributed by atoms with Gasteiger partial charge in [0.1, 0.15) is 0 Å². The van der Waals surface area contributed by atoms with Crippen LogP contribution in [0.4, 0.5) is 0 Å². The molecule has 20 heavy (non-hydrogen) atoms. The maximum Gasteiger partial charge on any atom is 0.0126 e. The van der Waals surface area contributed by atoms with Crippen molar-refractivity contribution in [1.82, 2.24) is 10.2 Å². The highest BCUT2D eigenvalue weighted by Crippen LogP contribution is 2.43. The quantitative estimate of drug-likeness (QED) is 0.711. The SMILES string of the molecule is CNCCCCCC[C@@H]1C[C@H](C)C[C@H]2[C@H]1CCCN2C. The van der Waals surface area contributed by atoms with Gasteiger partial charge in [0, 0.05) is 6.04 Å². The summed E-state index contributed by atoms with van der Waals surface area (Å²) >= 11 is 0. The Morgan fingerprint density at radius 1 is 1.10 bits per heavy atom. The van der Waals surface area contributed by atoms with Crippen molar-refractivity contribution < 1.29 is 0 Å². The first kappa shape index (κ1) is 16.3. The summed E-state index contributed by atoms with van der Waals surface area (Å²) in [7, 11) is 4.42. The highest BCUT2D eigenvalue weighted by Gasteiger charge is 2.39. The molecule has 0 aromatic carbocycles. The van der Waals surface area contributed by atoms with Gasteiger partial charge in [0.2, 0.25) is 0 Å². The van der Waals surface area contributed by atoms with Crippen LogP contribution in [0.25, 0.3) is 0 Å². The van der Waals surface area contributed by atoms with Crippen LogP contribution >= 0.6 is 0 Å². The number of nitrogens with one attached hydrogen (secondary N) is 1. The van der Waals surface area contributed by atoms with Crippen LogP contribution in [0.5, 0.6) is 0 Å². The molecule has 1 saturated heterocycles. The smallest absolute Gasteiger partial charge is 0.0126 e. The second-order valence-electron chi connectivity index (χ2n) is 7.50. The van der Waals surface area contributed by atoms with Crippen LogP contribution in [-0.2, 0) is 0 Å². The van der Waals surface area contributed by atoms with E-state index < -0.39 is 0 Å². The zero-order valence-electron chi connectivity index (χ0n) is 14.0. The lowest BCUT2D eigenvalue weighted by molar-refractivity contribution is 0.0184. The van der Waals surface area contributed by atoms with Gasteiger partial charge >= 0.3 is 0 Å². The standard InChI is InChI=1S/C18H36N2/c1-15-13-16(9-6-4-5-7-11-19-2)17-10-8-12-20(3)18(17)14-15/h15-19H,4-14H2,1-3H3/t15-,16+,17-,18-/m0/s1. The van der Waals surface area contributed by atoms with Crippen molar-refractivity contribution in [1.29, 1.82) is 0 Å². The molecule has 0 aromatic rings. The summed E-state index contributed by atoms with van der Waals surface area (Å²) in [5, 5.41) is 3.25. The van der Waals surface area contributed by atoms with Crippen molar-refractivity contribution in [2.45, 2.75) is 70.8 Å². The van der Waals surface area contributed by atoms with Gasteiger partial charge in [0.15, 0.2) is 0 Å². The highest BCUT2D eigenvalue weighted by molar-refractivity contribution is 4.92. The molecule has 1 N–H and O–H groups in total. The molecule has 0 radical (unpaired) electrons. The lowest BCUT2D eigenvalue weighted by Gasteiger charge is -2.48. The van der Waals surface area contributed by atoms with Crippen molar-refractivity contribution in [2.75, 3.05) is 27.2 Å². The Bertz CT molecular complexity index is 266. The Morgan fingerprint density at radius 2 is 1.90 bits per heavy atom. The minimum Gasteiger partial charge on any atom is -0.320 e. The van der Waals surface area contributed by atoms with E-state index in [1.54, 1.807) is 0 Å². The van der Waals surface area contributed by atoms with Crippen molar-refractivity contribution in [3.8, 4) is 0 Å². The summed E-state index contributed by atoms with van der Waals surface area (Å²) in [6.45, 7) is 5.01. The molecule has 2 fully saturated rings. The molecule has 0 spiro atoms. The predicted octanol–water partition coefficient (Wildman–Crippen LogP) is 3.91. The van der Waals surface area contributed by atoms with Gasteiger partial charge in [-0.25, -0.2) is 0 Å². The van der Waals surface area contributed by atoms with Crippen molar-refractivity contribution in [2.24, 2.45) is 17.8 Å². The number of fused-ring (bicyclic) bond motifs is 1. The summed E-state index contributed by atoms with van der Waals surface area (Å²) in [4.78, 5) is 2.67. The Hall–Kier alpha value is -0.0800. The summed E-state index contributed by atoms with van der Waals surface area (Å²) in [6.07, 6.45) is 13.1. The first-order chi connectivity index (χ1) is 9.72. The minimum atomic E-state index is 0.904. The van der Waals surface area contributed by atoms with E-state index in [1.165, 1.54) is 70.9 Å². The molecule has 4 atom stereocenters. The van der Waals surface area contributed by atoms with Crippen LogP contribution in [0, 0.1) is 17.8 Å². The van der Waals surface area contributed by atoms with Crippen LogP contribution in [-0.4, -0.2) is 38.1 Å². The fourth-order valence-electron chi connectivity index (χ4n) is 4.76. The predicted molar refractivity (Wildman–Crippen MR) is 88.0 cm³/mol. The average Bonchev–Trinajstić information content (AvgIpc) is 2.43. The monoisotopic (exact) mass is 280 g/mol. The van der Waals surface area contributed by atoms with Crippen LogP contribution in [0.15, 0.2) is 0 Å². The van der Waals surface area contributed by atoms with E-state index in [4.69, 9.17) is 0 Å². The third-order valence-electron chi connectivity index (χ3n) is 5.81. The molecule has 0 unspecified atom stereocenters. The second kappa shape index (κ2) is 8.38. The lowest BCUT2D eigenvalue weighted by Crippen LogP contribution is -2.49. The van der Waals surface area contributed by atoms with Gasteiger partial charge in [-0.1, -0.05) is 32.6 Å². The summed E-state index contributed by atoms with van der Waals surface area (Å²) in [5.74, 6) is 2.99. The fourth-order valence-corrected chi connectivity index (χ4v) is 4.76. The molecule has 118 valence electrons. The highest BCUT2D eigenvalue weighted by atomic mass is 15.1. The number of nitrogens with zero attached hydrogens (tertiary/aromatic N) is 1. The summed E-state index contributed by atoms with van der Waals surface area (Å²) in [6, 6.07) is 0.904. The van der Waals surface area contributed by atoms with Gasteiger partial charge in [-0.15, -0.1) is 0 Å². The first-order valence-electron chi connectivity index (χ1n) is 9.07. The Labute approximate surface area is 126 Å². The fraction of sp³-hybridized carbons (Fsp3) is 1.00. The number of piperidine rings is 1. The largest absolute Gasteiger partial charge is 0.320 e. The summed E-state index contributed by atoms with van der Waals surface area (Å²) < 4.78 is 0. The zero-order chi connectivity index (χ0) is 14.4. The number of rotatable bonds is 7. The van der Waals surface area contributed by atoms with Gasteiger partial charge < -0.3 is 10.2 Å². The molecule has 0 aromatic heterocycles. The average molecular weight is 280 g/mol. The number of hydrogen-bond donors (Lipinski definition) is 1. The lowest BCUT2D eigenvalue weighted by atomic mass is 9.66. The van der Waals surface area contributed by atoms with Crippen molar-refractivity contribution in [3.05, 3.63) is 0 Å². The Morgan fingerprint density at radius 3 is 2.70 bits per heavy atom. The molecular weight excluding hydrogens is 244 g/mol. The van der Waals surface area contributed by atoms with Crippen molar-refractivity contribution in [3.63, 3.8) is 0 Å². The molecule has 1 saturated carbocycles. The molecular formula is C18H36N2. The van der Waals surface area contributed by atoms with Gasteiger partial charge in [-0.3, -0.25) is 0 Å². The zero-order valence-corrected chi connectivity index (χ0v) is 14.0. The Balaban J connectivity index is 1.74. The molecule has 2 rings (SSSR count). The van der Waals surface area contributed by atoms with Crippen LogP contribution < -0.4 is 5.32 Å². The molecule has 1 aliphatic carbocycles. The van der Waals surface area contributed by atoms with Gasteiger partial charge in [-0.05, 0) is 77.0 Å². The van der Waals surface area contributed by atoms with E-state index >= 15 is 0 Å². The van der Waals surface area contributed by atoms with Crippen LogP contribution in [0.2, 0.25) is 0 Å². The van der Waals surface area contributed by atoms with Gasteiger partial charge in [0.25, 0.3) is 0 Å². The second-order valence-corrected chi connectivity index (χ2v) is 7.50. The third-order valence-corrected chi connectivity index (χ3v) is 5.81. The van der Waals surface area contributed by atoms with E-state index in [-0.39, 0.29) is 0 Å².